The second kappa shape index (κ2) is 5.83. The number of hydrogen-bond donors (Lipinski definition) is 0. The van der Waals surface area contributed by atoms with Gasteiger partial charge >= 0.3 is 0 Å². The number of carbonyl (C=O) groups is 1. The number of alkyl halides is 1. The minimum absolute atomic E-state index is 0.0500. The monoisotopic (exact) mass is 313 g/mol. The third-order valence-electron chi connectivity index (χ3n) is 3.51. The largest absolute Gasteiger partial charge is 0.338 e. The van der Waals surface area contributed by atoms with Gasteiger partial charge in [-0.2, -0.15) is 0 Å². The van der Waals surface area contributed by atoms with Crippen LogP contribution in [0.5, 0.6) is 0 Å². The zero-order valence-electron chi connectivity index (χ0n) is 10.5. The minimum atomic E-state index is -0.308. The highest BCUT2D eigenvalue weighted by Gasteiger charge is 2.26. The quantitative estimate of drug-likeness (QED) is 0.783. The Hall–Kier alpha value is -0.900. The van der Waals surface area contributed by atoms with Crippen molar-refractivity contribution >= 4 is 21.8 Å². The van der Waals surface area contributed by atoms with Gasteiger partial charge < -0.3 is 4.90 Å². The minimum Gasteiger partial charge on any atom is -0.338 e. The topological polar surface area (TPSA) is 20.3 Å². The summed E-state index contributed by atoms with van der Waals surface area (Å²) in [6.45, 7) is 3.28. The molecule has 1 fully saturated rings. The first kappa shape index (κ1) is 13.5. The number of benzene rings is 1. The molecule has 0 aromatic heterocycles. The summed E-state index contributed by atoms with van der Waals surface area (Å²) < 4.78 is 13.4. The molecule has 0 N–H and O–H groups in total. The number of hydrogen-bond acceptors (Lipinski definition) is 1. The molecule has 1 saturated heterocycles. The van der Waals surface area contributed by atoms with Gasteiger partial charge in [-0.15, -0.1) is 0 Å². The van der Waals surface area contributed by atoms with Crippen LogP contribution in [0, 0.1) is 18.7 Å². The standard InChI is InChI=1S/C14H17BrFNO/c1-10-2-3-12(8-13(10)16)14(18)17-7-5-11(9-17)4-6-15/h2-3,8,11H,4-7,9H2,1H3. The third-order valence-corrected chi connectivity index (χ3v) is 3.97. The van der Waals surface area contributed by atoms with Crippen molar-refractivity contribution < 1.29 is 9.18 Å². The first-order chi connectivity index (χ1) is 8.61. The van der Waals surface area contributed by atoms with Crippen molar-refractivity contribution in [2.75, 3.05) is 18.4 Å². The molecule has 1 unspecified atom stereocenters. The van der Waals surface area contributed by atoms with Crippen LogP contribution in [0.3, 0.4) is 0 Å². The first-order valence-corrected chi connectivity index (χ1v) is 7.35. The lowest BCUT2D eigenvalue weighted by molar-refractivity contribution is 0.0786. The van der Waals surface area contributed by atoms with E-state index in [1.165, 1.54) is 6.07 Å². The van der Waals surface area contributed by atoms with Crippen molar-refractivity contribution in [1.82, 2.24) is 4.90 Å². The smallest absolute Gasteiger partial charge is 0.253 e. The van der Waals surface area contributed by atoms with Gasteiger partial charge in [0.1, 0.15) is 5.82 Å². The van der Waals surface area contributed by atoms with Gasteiger partial charge in [0, 0.05) is 24.0 Å². The van der Waals surface area contributed by atoms with Gasteiger partial charge in [-0.3, -0.25) is 4.79 Å². The molecule has 0 saturated carbocycles. The molecule has 18 heavy (non-hydrogen) atoms. The van der Waals surface area contributed by atoms with Crippen LogP contribution in [0.25, 0.3) is 0 Å². The van der Waals surface area contributed by atoms with E-state index in [4.69, 9.17) is 0 Å². The van der Waals surface area contributed by atoms with E-state index in [0.29, 0.717) is 17.0 Å². The summed E-state index contributed by atoms with van der Waals surface area (Å²) in [5.74, 6) is 0.214. The number of rotatable bonds is 3. The average Bonchev–Trinajstić information content (AvgIpc) is 2.81. The number of halogens is 2. The molecule has 1 atom stereocenters. The fourth-order valence-corrected chi connectivity index (χ4v) is 2.96. The molecular formula is C14H17BrFNO. The van der Waals surface area contributed by atoms with E-state index in [1.54, 1.807) is 19.1 Å². The maximum absolute atomic E-state index is 13.4. The van der Waals surface area contributed by atoms with E-state index in [1.807, 2.05) is 4.90 Å². The third kappa shape index (κ3) is 2.91. The molecule has 1 amide bonds. The van der Waals surface area contributed by atoms with E-state index in [-0.39, 0.29) is 11.7 Å². The van der Waals surface area contributed by atoms with Gasteiger partial charge in [0.15, 0.2) is 0 Å². The van der Waals surface area contributed by atoms with E-state index in [9.17, 15) is 9.18 Å². The summed E-state index contributed by atoms with van der Waals surface area (Å²) in [5, 5.41) is 0.971. The Bertz CT molecular complexity index is 449. The predicted octanol–water partition coefficient (Wildman–Crippen LogP) is 3.38. The molecule has 1 aromatic carbocycles. The Morgan fingerprint density at radius 3 is 3.00 bits per heavy atom. The Labute approximate surface area is 115 Å². The molecule has 1 aliphatic rings. The van der Waals surface area contributed by atoms with Gasteiger partial charge in [-0.25, -0.2) is 4.39 Å². The van der Waals surface area contributed by atoms with Gasteiger partial charge in [0.25, 0.3) is 5.91 Å². The number of carbonyl (C=O) groups excluding carboxylic acids is 1. The SMILES string of the molecule is Cc1ccc(C(=O)N2CCC(CCBr)C2)cc1F. The van der Waals surface area contributed by atoms with Crippen molar-refractivity contribution in [3.05, 3.63) is 35.1 Å². The van der Waals surface area contributed by atoms with Crippen LogP contribution in [0.4, 0.5) is 4.39 Å². The molecule has 4 heteroatoms. The first-order valence-electron chi connectivity index (χ1n) is 6.23. The summed E-state index contributed by atoms with van der Waals surface area (Å²) in [7, 11) is 0. The molecular weight excluding hydrogens is 297 g/mol. The molecule has 1 aromatic rings. The number of aryl methyl sites for hydroxylation is 1. The van der Waals surface area contributed by atoms with Crippen molar-refractivity contribution in [2.45, 2.75) is 19.8 Å². The molecule has 0 bridgehead atoms. The number of likely N-dealkylation sites (tertiary alicyclic amines) is 1. The van der Waals surface area contributed by atoms with Crippen LogP contribution < -0.4 is 0 Å². The summed E-state index contributed by atoms with van der Waals surface area (Å²) in [5.41, 5.74) is 1.03. The van der Waals surface area contributed by atoms with E-state index in [0.717, 1.165) is 31.3 Å². The predicted molar refractivity (Wildman–Crippen MR) is 73.6 cm³/mol. The van der Waals surface area contributed by atoms with Gasteiger partial charge in [-0.1, -0.05) is 22.0 Å². The Balaban J connectivity index is 2.05. The van der Waals surface area contributed by atoms with E-state index in [2.05, 4.69) is 15.9 Å². The lowest BCUT2D eigenvalue weighted by Gasteiger charge is -2.16. The Morgan fingerprint density at radius 2 is 2.33 bits per heavy atom. The molecule has 1 aliphatic heterocycles. The Kier molecular flexibility index (Phi) is 4.38. The second-order valence-electron chi connectivity index (χ2n) is 4.85. The highest BCUT2D eigenvalue weighted by Crippen LogP contribution is 2.22. The second-order valence-corrected chi connectivity index (χ2v) is 5.64. The van der Waals surface area contributed by atoms with Crippen LogP contribution in [-0.4, -0.2) is 29.2 Å². The van der Waals surface area contributed by atoms with Crippen LogP contribution in [-0.2, 0) is 0 Å². The summed E-state index contributed by atoms with van der Waals surface area (Å²) in [6.07, 6.45) is 2.14. The van der Waals surface area contributed by atoms with Crippen molar-refractivity contribution in [3.8, 4) is 0 Å². The highest BCUT2D eigenvalue weighted by atomic mass is 79.9. The Morgan fingerprint density at radius 1 is 1.56 bits per heavy atom. The van der Waals surface area contributed by atoms with Crippen molar-refractivity contribution in [2.24, 2.45) is 5.92 Å². The molecule has 2 nitrogen and oxygen atoms in total. The molecule has 0 spiro atoms. The molecule has 2 rings (SSSR count). The molecule has 0 aliphatic carbocycles. The fraction of sp³-hybridized carbons (Fsp3) is 0.500. The summed E-state index contributed by atoms with van der Waals surface area (Å²) in [6, 6.07) is 4.71. The lowest BCUT2D eigenvalue weighted by Crippen LogP contribution is -2.28. The maximum Gasteiger partial charge on any atom is 0.253 e. The van der Waals surface area contributed by atoms with Crippen LogP contribution in [0.15, 0.2) is 18.2 Å². The van der Waals surface area contributed by atoms with Crippen molar-refractivity contribution in [3.63, 3.8) is 0 Å². The normalized spacial score (nSPS) is 19.3. The number of amides is 1. The molecule has 98 valence electrons. The number of nitrogens with zero attached hydrogens (tertiary/aromatic N) is 1. The van der Waals surface area contributed by atoms with Crippen LogP contribution in [0.1, 0.15) is 28.8 Å². The van der Waals surface area contributed by atoms with E-state index < -0.39 is 0 Å². The van der Waals surface area contributed by atoms with Crippen molar-refractivity contribution in [1.29, 1.82) is 0 Å². The van der Waals surface area contributed by atoms with Crippen LogP contribution >= 0.6 is 15.9 Å². The highest BCUT2D eigenvalue weighted by molar-refractivity contribution is 9.09. The van der Waals surface area contributed by atoms with E-state index >= 15 is 0 Å². The lowest BCUT2D eigenvalue weighted by atomic mass is 10.1. The van der Waals surface area contributed by atoms with Gasteiger partial charge in [0.2, 0.25) is 0 Å². The average molecular weight is 314 g/mol. The van der Waals surface area contributed by atoms with Gasteiger partial charge in [0.05, 0.1) is 0 Å². The molecule has 0 radical (unpaired) electrons. The zero-order valence-corrected chi connectivity index (χ0v) is 12.0. The summed E-state index contributed by atoms with van der Waals surface area (Å²) in [4.78, 5) is 14.0. The van der Waals surface area contributed by atoms with Gasteiger partial charge in [-0.05, 0) is 43.4 Å². The zero-order chi connectivity index (χ0) is 13.1. The summed E-state index contributed by atoms with van der Waals surface area (Å²) >= 11 is 3.43. The molecule has 1 heterocycles. The maximum atomic E-state index is 13.4. The fourth-order valence-electron chi connectivity index (χ4n) is 2.32. The van der Waals surface area contributed by atoms with Crippen LogP contribution in [0.2, 0.25) is 0 Å².